The number of rotatable bonds is 7. The van der Waals surface area contributed by atoms with Crippen LogP contribution in [-0.2, 0) is 14.3 Å². The molecule has 12 heteroatoms. The fourth-order valence-corrected chi connectivity index (χ4v) is 2.81. The number of nitro groups is 1. The second-order valence-electron chi connectivity index (χ2n) is 6.45. The Balaban J connectivity index is 1.73. The number of carbonyl (C=O) groups excluding carboxylic acids is 4. The molecule has 32 heavy (non-hydrogen) atoms. The van der Waals surface area contributed by atoms with Gasteiger partial charge in [-0.15, -0.1) is 0 Å². The lowest BCUT2D eigenvalue weighted by Gasteiger charge is -2.11. The molecule has 0 saturated heterocycles. The summed E-state index contributed by atoms with van der Waals surface area (Å²) in [6, 6.07) is 5.72. The van der Waals surface area contributed by atoms with Crippen LogP contribution in [0, 0.1) is 10.1 Å². The number of hydrogen-bond acceptors (Lipinski definition) is 10. The molecule has 1 aliphatic heterocycles. The Labute approximate surface area is 180 Å². The molecule has 0 saturated carbocycles. The number of amides is 1. The van der Waals surface area contributed by atoms with Gasteiger partial charge in [-0.1, -0.05) is 0 Å². The Morgan fingerprint density at radius 3 is 2.25 bits per heavy atom. The number of benzene rings is 2. The third-order valence-corrected chi connectivity index (χ3v) is 4.29. The van der Waals surface area contributed by atoms with E-state index in [0.717, 1.165) is 25.3 Å². The number of Topliss-reactive ketones (excluding diaryl/α,β-unsaturated/α-hetero) is 1. The Morgan fingerprint density at radius 1 is 1.03 bits per heavy atom. The average molecular weight is 444 g/mol. The minimum absolute atomic E-state index is 0.0293. The van der Waals surface area contributed by atoms with Gasteiger partial charge in [-0.25, -0.2) is 9.59 Å². The number of ether oxygens (including phenoxy) is 4. The highest BCUT2D eigenvalue weighted by Gasteiger charge is 2.22. The second kappa shape index (κ2) is 9.12. The number of nitro benzene ring substituents is 1. The molecule has 1 heterocycles. The van der Waals surface area contributed by atoms with E-state index in [-0.39, 0.29) is 35.0 Å². The van der Waals surface area contributed by atoms with Crippen molar-refractivity contribution in [2.24, 2.45) is 0 Å². The summed E-state index contributed by atoms with van der Waals surface area (Å²) in [5.74, 6) is -2.41. The summed E-state index contributed by atoms with van der Waals surface area (Å²) >= 11 is 0. The zero-order valence-corrected chi connectivity index (χ0v) is 16.8. The van der Waals surface area contributed by atoms with Crippen LogP contribution in [-0.4, -0.2) is 49.1 Å². The van der Waals surface area contributed by atoms with Gasteiger partial charge in [0.2, 0.25) is 6.79 Å². The van der Waals surface area contributed by atoms with E-state index in [2.05, 4.69) is 10.1 Å². The number of fused-ring (bicyclic) bond motifs is 1. The lowest BCUT2D eigenvalue weighted by Crippen LogP contribution is -2.22. The van der Waals surface area contributed by atoms with Gasteiger partial charge in [-0.2, -0.15) is 0 Å². The van der Waals surface area contributed by atoms with Gasteiger partial charge in [0.15, 0.2) is 23.9 Å². The van der Waals surface area contributed by atoms with Crippen molar-refractivity contribution in [1.82, 2.24) is 0 Å². The van der Waals surface area contributed by atoms with E-state index in [1.807, 2.05) is 0 Å². The van der Waals surface area contributed by atoms with Gasteiger partial charge in [-0.3, -0.25) is 19.7 Å². The SMILES string of the molecule is COC(=O)c1cc(C(=O)OCC(=O)Nc2cc3c(cc2C(C)=O)OCO3)cc([N+](=O)[O-])c1. The monoisotopic (exact) mass is 444 g/mol. The minimum atomic E-state index is -1.08. The number of non-ortho nitro benzene ring substituents is 1. The number of hydrogen-bond donors (Lipinski definition) is 1. The molecule has 1 amide bonds. The predicted octanol–water partition coefficient (Wildman–Crippen LogP) is 2.11. The van der Waals surface area contributed by atoms with Crippen LogP contribution in [0.25, 0.3) is 0 Å². The van der Waals surface area contributed by atoms with E-state index < -0.39 is 35.1 Å². The highest BCUT2D eigenvalue weighted by molar-refractivity contribution is 6.05. The third-order valence-electron chi connectivity index (χ3n) is 4.29. The zero-order valence-electron chi connectivity index (χ0n) is 16.8. The Morgan fingerprint density at radius 2 is 1.66 bits per heavy atom. The largest absolute Gasteiger partial charge is 0.465 e. The summed E-state index contributed by atoms with van der Waals surface area (Å²) in [7, 11) is 1.08. The summed E-state index contributed by atoms with van der Waals surface area (Å²) in [5.41, 5.74) is -0.790. The molecule has 2 aromatic rings. The molecular formula is C20H16N2O10. The van der Waals surface area contributed by atoms with Crippen molar-refractivity contribution in [3.8, 4) is 11.5 Å². The number of ketones is 1. The quantitative estimate of drug-likeness (QED) is 0.290. The van der Waals surface area contributed by atoms with Gasteiger partial charge in [0.05, 0.1) is 28.8 Å². The van der Waals surface area contributed by atoms with Crippen molar-refractivity contribution in [2.45, 2.75) is 6.92 Å². The van der Waals surface area contributed by atoms with Crippen molar-refractivity contribution in [3.05, 3.63) is 57.1 Å². The molecule has 12 nitrogen and oxygen atoms in total. The van der Waals surface area contributed by atoms with Gasteiger partial charge in [0, 0.05) is 23.8 Å². The molecule has 3 rings (SSSR count). The summed E-state index contributed by atoms with van der Waals surface area (Å²) in [4.78, 5) is 58.4. The third kappa shape index (κ3) is 4.80. The van der Waals surface area contributed by atoms with Crippen LogP contribution in [0.5, 0.6) is 11.5 Å². The van der Waals surface area contributed by atoms with Gasteiger partial charge in [0.25, 0.3) is 11.6 Å². The summed E-state index contributed by atoms with van der Waals surface area (Å²) < 4.78 is 19.8. The highest BCUT2D eigenvalue weighted by Crippen LogP contribution is 2.37. The van der Waals surface area contributed by atoms with Crippen LogP contribution in [0.1, 0.15) is 38.0 Å². The van der Waals surface area contributed by atoms with Gasteiger partial charge in [0.1, 0.15) is 0 Å². The number of nitrogens with one attached hydrogen (secondary N) is 1. The lowest BCUT2D eigenvalue weighted by molar-refractivity contribution is -0.384. The Kier molecular flexibility index (Phi) is 6.33. The molecule has 1 aliphatic rings. The van der Waals surface area contributed by atoms with E-state index in [4.69, 9.17) is 14.2 Å². The molecule has 2 aromatic carbocycles. The molecule has 0 atom stereocenters. The molecule has 0 spiro atoms. The standard InChI is InChI=1S/C20H16N2O10/c1-10(23)14-6-16-17(32-9-31-16)7-15(14)21-18(24)8-30-20(26)12-3-11(19(25)29-2)4-13(5-12)22(27)28/h3-7H,8-9H2,1-2H3,(H,21,24). The summed E-state index contributed by atoms with van der Waals surface area (Å²) in [5, 5.41) is 13.5. The van der Waals surface area contributed by atoms with Crippen LogP contribution in [0.15, 0.2) is 30.3 Å². The first-order valence-electron chi connectivity index (χ1n) is 8.99. The van der Waals surface area contributed by atoms with Crippen LogP contribution >= 0.6 is 0 Å². The van der Waals surface area contributed by atoms with Gasteiger partial charge >= 0.3 is 11.9 Å². The van der Waals surface area contributed by atoms with E-state index in [9.17, 15) is 29.3 Å². The van der Waals surface area contributed by atoms with E-state index in [0.29, 0.717) is 11.5 Å². The van der Waals surface area contributed by atoms with Crippen LogP contribution in [0.4, 0.5) is 11.4 Å². The van der Waals surface area contributed by atoms with Crippen molar-refractivity contribution < 1.29 is 43.0 Å². The first-order chi connectivity index (χ1) is 15.2. The number of carbonyl (C=O) groups is 4. The molecule has 0 fully saturated rings. The maximum atomic E-state index is 12.3. The van der Waals surface area contributed by atoms with Gasteiger partial charge < -0.3 is 24.3 Å². The minimum Gasteiger partial charge on any atom is -0.465 e. The number of anilines is 1. The molecule has 0 bridgehead atoms. The topological polar surface area (TPSA) is 160 Å². The fourth-order valence-electron chi connectivity index (χ4n) is 2.81. The maximum Gasteiger partial charge on any atom is 0.338 e. The molecule has 0 aliphatic carbocycles. The first kappa shape index (κ1) is 22.2. The van der Waals surface area contributed by atoms with E-state index >= 15 is 0 Å². The van der Waals surface area contributed by atoms with Crippen molar-refractivity contribution in [1.29, 1.82) is 0 Å². The predicted molar refractivity (Wildman–Crippen MR) is 106 cm³/mol. The Bertz CT molecular complexity index is 1140. The smallest absolute Gasteiger partial charge is 0.338 e. The molecule has 0 unspecified atom stereocenters. The highest BCUT2D eigenvalue weighted by atomic mass is 16.7. The van der Waals surface area contributed by atoms with Crippen molar-refractivity contribution in [2.75, 3.05) is 25.8 Å². The van der Waals surface area contributed by atoms with Crippen LogP contribution in [0.3, 0.4) is 0 Å². The van der Waals surface area contributed by atoms with Gasteiger partial charge in [-0.05, 0) is 19.1 Å². The molecule has 0 aromatic heterocycles. The number of methoxy groups -OCH3 is 1. The molecule has 1 N–H and O–H groups in total. The van der Waals surface area contributed by atoms with E-state index in [1.165, 1.54) is 19.1 Å². The maximum absolute atomic E-state index is 12.3. The summed E-state index contributed by atoms with van der Waals surface area (Å²) in [6.45, 7) is 0.508. The molecule has 0 radical (unpaired) electrons. The average Bonchev–Trinajstić information content (AvgIpc) is 3.23. The van der Waals surface area contributed by atoms with Crippen LogP contribution in [0.2, 0.25) is 0 Å². The Hall–Kier alpha value is -4.48. The van der Waals surface area contributed by atoms with Crippen LogP contribution < -0.4 is 14.8 Å². The van der Waals surface area contributed by atoms with Crippen molar-refractivity contribution >= 4 is 35.0 Å². The molecule has 166 valence electrons. The normalized spacial score (nSPS) is 11.4. The number of nitrogens with zero attached hydrogens (tertiary/aromatic N) is 1. The zero-order chi connectivity index (χ0) is 23.4. The lowest BCUT2D eigenvalue weighted by atomic mass is 10.1. The molecular weight excluding hydrogens is 428 g/mol. The summed E-state index contributed by atoms with van der Waals surface area (Å²) in [6.07, 6.45) is 0. The van der Waals surface area contributed by atoms with E-state index in [1.54, 1.807) is 0 Å². The second-order valence-corrected chi connectivity index (χ2v) is 6.45. The fraction of sp³-hybridized carbons (Fsp3) is 0.200. The number of esters is 2. The first-order valence-corrected chi connectivity index (χ1v) is 8.99. The van der Waals surface area contributed by atoms with Crippen molar-refractivity contribution in [3.63, 3.8) is 0 Å².